The fourth-order valence-corrected chi connectivity index (χ4v) is 3.40. The van der Waals surface area contributed by atoms with Gasteiger partial charge in [0.25, 0.3) is 0 Å². The Morgan fingerprint density at radius 1 is 1.27 bits per heavy atom. The van der Waals surface area contributed by atoms with Gasteiger partial charge in [-0.25, -0.2) is 4.98 Å². The molecule has 1 unspecified atom stereocenters. The summed E-state index contributed by atoms with van der Waals surface area (Å²) < 4.78 is 5.13. The number of nitrogens with one attached hydrogen (secondary N) is 1. The second kappa shape index (κ2) is 20.7. The third-order valence-corrected chi connectivity index (χ3v) is 6.44. The van der Waals surface area contributed by atoms with E-state index in [9.17, 15) is 14.7 Å². The zero-order valence-corrected chi connectivity index (χ0v) is 27.1. The highest BCUT2D eigenvalue weighted by Crippen LogP contribution is 2.41. The highest BCUT2D eigenvalue weighted by molar-refractivity contribution is 5.98. The number of aliphatic hydroxyl groups is 1. The molecule has 1 aromatic heterocycles. The zero-order chi connectivity index (χ0) is 31.5. The zero-order valence-electron chi connectivity index (χ0n) is 27.1. The molecule has 226 valence electrons. The number of nitrogens with zero attached hydrogens (tertiary/aromatic N) is 2. The van der Waals surface area contributed by atoms with Crippen LogP contribution in [0.3, 0.4) is 0 Å². The molecule has 7 heteroatoms. The summed E-state index contributed by atoms with van der Waals surface area (Å²) >= 11 is 0. The summed E-state index contributed by atoms with van der Waals surface area (Å²) in [6.45, 7) is 23.1. The third kappa shape index (κ3) is 12.3. The SMILES string of the molecule is C/C=C\[C@@H](C)N(C)C(=O)/C=C/c1cnc2c(c1)C(O)C(C)(C)C(=O)N2.C=CCC.CC.CC/C(C)=C(\CC)OC. The van der Waals surface area contributed by atoms with E-state index in [1.54, 1.807) is 51.2 Å². The Kier molecular flexibility index (Phi) is 20.1. The molecule has 0 fully saturated rings. The molecule has 2 atom stereocenters. The number of likely N-dealkylation sites (N-methyl/N-ethyl adjacent to an activating group) is 1. The standard InChI is InChI=1S/C19H25N3O3.C8H16O.C4H8.C2H6/c1-6-7-12(2)22(5)15(23)9-8-13-10-14-16(24)19(3,4)18(25)21-17(14)20-11-13;1-5-7(3)8(6-2)9-4;1-3-4-2;1-2/h6-12,16,24H,1-5H3,(H,20,21,25);5-6H2,1-4H3;3H,1,4H2,2H3;1-2H3/b7-6-,9-8+;8-7+;;/t12-,16?;;;/m1.../s1. The summed E-state index contributed by atoms with van der Waals surface area (Å²) in [6.07, 6.45) is 12.6. The molecule has 0 bridgehead atoms. The average molecular weight is 558 g/mol. The number of rotatable bonds is 8. The number of anilines is 1. The van der Waals surface area contributed by atoms with Crippen LogP contribution in [0.5, 0.6) is 0 Å². The molecule has 1 aromatic rings. The predicted molar refractivity (Wildman–Crippen MR) is 170 cm³/mol. The van der Waals surface area contributed by atoms with E-state index in [1.165, 1.54) is 11.6 Å². The molecule has 0 aromatic carbocycles. The second-order valence-corrected chi connectivity index (χ2v) is 9.65. The molecule has 40 heavy (non-hydrogen) atoms. The van der Waals surface area contributed by atoms with Crippen LogP contribution in [0.15, 0.2) is 54.5 Å². The number of aromatic nitrogens is 1. The van der Waals surface area contributed by atoms with Gasteiger partial charge in [0.2, 0.25) is 11.8 Å². The number of methoxy groups -OCH3 is 1. The Morgan fingerprint density at radius 3 is 2.27 bits per heavy atom. The van der Waals surface area contributed by atoms with E-state index >= 15 is 0 Å². The van der Waals surface area contributed by atoms with Crippen LogP contribution in [0.1, 0.15) is 106 Å². The quantitative estimate of drug-likeness (QED) is 0.193. The molecule has 0 spiro atoms. The van der Waals surface area contributed by atoms with Gasteiger partial charge in [-0.15, -0.1) is 6.58 Å². The van der Waals surface area contributed by atoms with E-state index in [2.05, 4.69) is 44.6 Å². The van der Waals surface area contributed by atoms with Crippen LogP contribution in [-0.2, 0) is 14.3 Å². The Balaban J connectivity index is 0. The first kappa shape index (κ1) is 39.0. The summed E-state index contributed by atoms with van der Waals surface area (Å²) in [5.41, 5.74) is 1.66. The summed E-state index contributed by atoms with van der Waals surface area (Å²) in [5.74, 6) is 1.10. The van der Waals surface area contributed by atoms with Gasteiger partial charge in [-0.3, -0.25) is 9.59 Å². The van der Waals surface area contributed by atoms with Crippen molar-refractivity contribution >= 4 is 23.7 Å². The van der Waals surface area contributed by atoms with Gasteiger partial charge in [0.05, 0.1) is 24.4 Å². The van der Waals surface area contributed by atoms with Gasteiger partial charge in [0.1, 0.15) is 5.82 Å². The summed E-state index contributed by atoms with van der Waals surface area (Å²) in [4.78, 5) is 30.0. The lowest BCUT2D eigenvalue weighted by molar-refractivity contribution is -0.131. The monoisotopic (exact) mass is 557 g/mol. The minimum absolute atomic E-state index is 0.00152. The number of carbonyl (C=O) groups excluding carboxylic acids is 2. The molecular weight excluding hydrogens is 502 g/mol. The number of fused-ring (bicyclic) bond motifs is 1. The van der Waals surface area contributed by atoms with E-state index < -0.39 is 11.5 Å². The van der Waals surface area contributed by atoms with Crippen LogP contribution in [-0.4, -0.2) is 47.0 Å². The van der Waals surface area contributed by atoms with Gasteiger partial charge in [-0.05, 0) is 70.7 Å². The molecule has 2 N–H and O–H groups in total. The number of aliphatic hydroxyl groups excluding tert-OH is 1. The van der Waals surface area contributed by atoms with Crippen LogP contribution in [0.2, 0.25) is 0 Å². The summed E-state index contributed by atoms with van der Waals surface area (Å²) in [6, 6.07) is 1.74. The summed E-state index contributed by atoms with van der Waals surface area (Å²) in [5, 5.41) is 13.2. The molecule has 7 nitrogen and oxygen atoms in total. The van der Waals surface area contributed by atoms with Crippen molar-refractivity contribution in [3.63, 3.8) is 0 Å². The van der Waals surface area contributed by atoms with E-state index in [1.807, 2.05) is 45.9 Å². The topological polar surface area (TPSA) is 91.8 Å². The van der Waals surface area contributed by atoms with Gasteiger partial charge in [-0.1, -0.05) is 52.8 Å². The molecule has 0 saturated heterocycles. The maximum absolute atomic E-state index is 12.2. The highest BCUT2D eigenvalue weighted by Gasteiger charge is 2.42. The number of amides is 2. The van der Waals surface area contributed by atoms with E-state index in [4.69, 9.17) is 4.74 Å². The van der Waals surface area contributed by atoms with E-state index in [-0.39, 0.29) is 17.9 Å². The first-order valence-electron chi connectivity index (χ1n) is 14.3. The van der Waals surface area contributed by atoms with E-state index in [0.717, 1.165) is 25.0 Å². The van der Waals surface area contributed by atoms with Crippen LogP contribution in [0.4, 0.5) is 5.82 Å². The fourth-order valence-electron chi connectivity index (χ4n) is 3.40. The number of hydrogen-bond acceptors (Lipinski definition) is 5. The van der Waals surface area contributed by atoms with Crippen LogP contribution in [0.25, 0.3) is 6.08 Å². The van der Waals surface area contributed by atoms with Crippen LogP contribution < -0.4 is 5.32 Å². The van der Waals surface area contributed by atoms with Crippen molar-refractivity contribution in [2.45, 2.75) is 101 Å². The van der Waals surface area contributed by atoms with Crippen molar-refractivity contribution in [3.8, 4) is 0 Å². The largest absolute Gasteiger partial charge is 0.501 e. The summed E-state index contributed by atoms with van der Waals surface area (Å²) in [7, 11) is 3.47. The van der Waals surface area contributed by atoms with Gasteiger partial charge in [0, 0.05) is 37.3 Å². The molecule has 0 radical (unpaired) electrons. The van der Waals surface area contributed by atoms with Crippen LogP contribution in [0, 0.1) is 5.41 Å². The first-order valence-corrected chi connectivity index (χ1v) is 14.3. The Labute approximate surface area is 244 Å². The van der Waals surface area contributed by atoms with Crippen molar-refractivity contribution in [1.82, 2.24) is 9.88 Å². The molecule has 1 aliphatic heterocycles. The van der Waals surface area contributed by atoms with Gasteiger partial charge >= 0.3 is 0 Å². The highest BCUT2D eigenvalue weighted by atomic mass is 16.5. The maximum atomic E-state index is 12.2. The Hall–Kier alpha value is -3.19. The predicted octanol–water partition coefficient (Wildman–Crippen LogP) is 7.86. The van der Waals surface area contributed by atoms with Crippen molar-refractivity contribution in [3.05, 3.63) is 65.6 Å². The third-order valence-electron chi connectivity index (χ3n) is 6.44. The molecule has 0 saturated carbocycles. The number of ether oxygens (including phenoxy) is 1. The van der Waals surface area contributed by atoms with E-state index in [0.29, 0.717) is 16.9 Å². The van der Waals surface area contributed by atoms with Crippen molar-refractivity contribution in [1.29, 1.82) is 0 Å². The number of carbonyl (C=O) groups is 2. The number of hydrogen-bond donors (Lipinski definition) is 2. The molecular formula is C33H55N3O4. The van der Waals surface area contributed by atoms with Crippen LogP contribution >= 0.6 is 0 Å². The number of pyridine rings is 1. The fraction of sp³-hybridized carbons (Fsp3) is 0.545. The lowest BCUT2D eigenvalue weighted by Gasteiger charge is -2.34. The van der Waals surface area contributed by atoms with Crippen molar-refractivity contribution in [2.24, 2.45) is 5.41 Å². The Morgan fingerprint density at radius 2 is 1.85 bits per heavy atom. The second-order valence-electron chi connectivity index (χ2n) is 9.65. The van der Waals surface area contributed by atoms with Gasteiger partial charge in [-0.2, -0.15) is 0 Å². The van der Waals surface area contributed by atoms with Gasteiger partial charge in [0.15, 0.2) is 0 Å². The molecule has 2 amide bonds. The lowest BCUT2D eigenvalue weighted by Crippen LogP contribution is -2.41. The normalized spacial score (nSPS) is 16.4. The smallest absolute Gasteiger partial charge is 0.246 e. The molecule has 2 rings (SSSR count). The van der Waals surface area contributed by atoms with Crippen molar-refractivity contribution < 1.29 is 19.4 Å². The minimum atomic E-state index is -0.954. The average Bonchev–Trinajstić information content (AvgIpc) is 2.96. The van der Waals surface area contributed by atoms with Crippen molar-refractivity contribution in [2.75, 3.05) is 19.5 Å². The molecule has 2 heterocycles. The Bertz CT molecular complexity index is 1000. The maximum Gasteiger partial charge on any atom is 0.246 e. The first-order chi connectivity index (χ1) is 18.8. The van der Waals surface area contributed by atoms with Gasteiger partial charge < -0.3 is 20.1 Å². The molecule has 0 aliphatic carbocycles. The minimum Gasteiger partial charge on any atom is -0.501 e. The number of allylic oxidation sites excluding steroid dienone is 4. The molecule has 1 aliphatic rings. The lowest BCUT2D eigenvalue weighted by atomic mass is 9.79.